The Morgan fingerprint density at radius 3 is 2.44 bits per heavy atom. The molecular formula is C21H23NO4S. The number of sulfone groups is 1. The minimum atomic E-state index is -3.48. The van der Waals surface area contributed by atoms with Crippen LogP contribution in [-0.4, -0.2) is 40.6 Å². The summed E-state index contributed by atoms with van der Waals surface area (Å²) in [6, 6.07) is 15.9. The molecule has 1 heterocycles. The van der Waals surface area contributed by atoms with Crippen LogP contribution in [0.2, 0.25) is 0 Å². The van der Waals surface area contributed by atoms with Crippen molar-refractivity contribution in [1.29, 1.82) is 0 Å². The van der Waals surface area contributed by atoms with Crippen molar-refractivity contribution in [3.8, 4) is 16.9 Å². The van der Waals surface area contributed by atoms with Crippen LogP contribution in [0.5, 0.6) is 5.75 Å². The number of benzene rings is 2. The zero-order chi connectivity index (χ0) is 19.3. The predicted molar refractivity (Wildman–Crippen MR) is 106 cm³/mol. The molecule has 0 atom stereocenters. The van der Waals surface area contributed by atoms with Crippen LogP contribution >= 0.6 is 0 Å². The Bertz CT molecular complexity index is 965. The highest BCUT2D eigenvalue weighted by Gasteiger charge is 2.20. The summed E-state index contributed by atoms with van der Waals surface area (Å²) < 4.78 is 36.9. The molecule has 27 heavy (non-hydrogen) atoms. The topological polar surface area (TPSA) is 59.8 Å². The Morgan fingerprint density at radius 2 is 1.78 bits per heavy atom. The second kappa shape index (κ2) is 8.41. The Balaban J connectivity index is 1.97. The number of ether oxygens (including phenoxy) is 1. The first kappa shape index (κ1) is 19.2. The van der Waals surface area contributed by atoms with Crippen molar-refractivity contribution in [3.63, 3.8) is 0 Å². The van der Waals surface area contributed by atoms with Gasteiger partial charge in [-0.2, -0.15) is 0 Å². The summed E-state index contributed by atoms with van der Waals surface area (Å²) in [6.07, 6.45) is 3.22. The third-order valence-electron chi connectivity index (χ3n) is 4.16. The molecule has 5 nitrogen and oxygen atoms in total. The fraction of sp³-hybridized carbons (Fsp3) is 0.238. The van der Waals surface area contributed by atoms with E-state index in [0.717, 1.165) is 17.7 Å². The fourth-order valence-corrected chi connectivity index (χ4v) is 4.14. The molecule has 6 heteroatoms. The van der Waals surface area contributed by atoms with Gasteiger partial charge in [-0.05, 0) is 32.3 Å². The first-order valence-corrected chi connectivity index (χ1v) is 10.3. The summed E-state index contributed by atoms with van der Waals surface area (Å²) in [5, 5.41) is 0. The molecule has 0 aliphatic heterocycles. The van der Waals surface area contributed by atoms with E-state index >= 15 is 0 Å². The summed E-state index contributed by atoms with van der Waals surface area (Å²) in [7, 11) is 0.452. The van der Waals surface area contributed by atoms with Gasteiger partial charge in [0.2, 0.25) is 0 Å². The van der Waals surface area contributed by atoms with E-state index < -0.39 is 9.84 Å². The molecule has 3 aromatic rings. The predicted octanol–water partition coefficient (Wildman–Crippen LogP) is 3.86. The molecule has 0 radical (unpaired) electrons. The molecule has 142 valence electrons. The van der Waals surface area contributed by atoms with Gasteiger partial charge in [-0.15, -0.1) is 0 Å². The number of nitrogens with zero attached hydrogens (tertiary/aromatic N) is 1. The van der Waals surface area contributed by atoms with Gasteiger partial charge < -0.3 is 14.1 Å². The molecule has 1 aromatic heterocycles. The maximum atomic E-state index is 12.9. The zero-order valence-electron chi connectivity index (χ0n) is 15.5. The van der Waals surface area contributed by atoms with Crippen LogP contribution in [0.3, 0.4) is 0 Å². The van der Waals surface area contributed by atoms with Gasteiger partial charge in [0, 0.05) is 23.2 Å². The maximum Gasteiger partial charge on any atom is 0.182 e. The second-order valence-corrected chi connectivity index (χ2v) is 8.52. The van der Waals surface area contributed by atoms with Crippen LogP contribution in [0.15, 0.2) is 76.4 Å². The van der Waals surface area contributed by atoms with Crippen LogP contribution in [0.25, 0.3) is 11.1 Å². The lowest BCUT2D eigenvalue weighted by Crippen LogP contribution is -2.20. The van der Waals surface area contributed by atoms with Crippen molar-refractivity contribution in [1.82, 2.24) is 4.90 Å². The van der Waals surface area contributed by atoms with Gasteiger partial charge in [0.1, 0.15) is 12.4 Å². The van der Waals surface area contributed by atoms with E-state index in [1.54, 1.807) is 48.9 Å². The van der Waals surface area contributed by atoms with Gasteiger partial charge in [-0.3, -0.25) is 0 Å². The lowest BCUT2D eigenvalue weighted by molar-refractivity contribution is 0.261. The Morgan fingerprint density at radius 1 is 1.00 bits per heavy atom. The lowest BCUT2D eigenvalue weighted by atomic mass is 10.0. The number of hydrogen-bond donors (Lipinski definition) is 0. The molecule has 2 aromatic carbocycles. The monoisotopic (exact) mass is 385 g/mol. The SMILES string of the molecule is CN(C)CCOc1c(CS(=O)(=O)c2ccccc2)cccc1-c1ccoc1. The van der Waals surface area contributed by atoms with E-state index in [9.17, 15) is 8.42 Å². The number of furan rings is 1. The molecule has 0 N–H and O–H groups in total. The van der Waals surface area contributed by atoms with E-state index in [4.69, 9.17) is 9.15 Å². The van der Waals surface area contributed by atoms with E-state index in [1.165, 1.54) is 0 Å². The molecule has 0 aliphatic rings. The average molecular weight is 385 g/mol. The number of hydrogen-bond acceptors (Lipinski definition) is 5. The third-order valence-corrected chi connectivity index (χ3v) is 5.84. The summed E-state index contributed by atoms with van der Waals surface area (Å²) in [4.78, 5) is 2.32. The molecule has 0 amide bonds. The molecule has 0 spiro atoms. The second-order valence-electron chi connectivity index (χ2n) is 6.53. The van der Waals surface area contributed by atoms with Gasteiger partial charge in [0.25, 0.3) is 0 Å². The highest BCUT2D eigenvalue weighted by molar-refractivity contribution is 7.90. The summed E-state index contributed by atoms with van der Waals surface area (Å²) >= 11 is 0. The van der Waals surface area contributed by atoms with Gasteiger partial charge in [-0.25, -0.2) is 8.42 Å². The summed E-state index contributed by atoms with van der Waals surface area (Å²) in [6.45, 7) is 1.19. The average Bonchev–Trinajstić information content (AvgIpc) is 3.17. The van der Waals surface area contributed by atoms with Crippen molar-refractivity contribution in [3.05, 3.63) is 72.7 Å². The van der Waals surface area contributed by atoms with Crippen LogP contribution in [0.4, 0.5) is 0 Å². The molecule has 0 unspecified atom stereocenters. The lowest BCUT2D eigenvalue weighted by Gasteiger charge is -2.17. The fourth-order valence-electron chi connectivity index (χ4n) is 2.76. The zero-order valence-corrected chi connectivity index (χ0v) is 16.3. The van der Waals surface area contributed by atoms with Crippen molar-refractivity contribution in [2.24, 2.45) is 0 Å². The van der Waals surface area contributed by atoms with Crippen molar-refractivity contribution in [2.75, 3.05) is 27.2 Å². The molecule has 0 saturated heterocycles. The normalized spacial score (nSPS) is 11.7. The Labute approximate surface area is 160 Å². The van der Waals surface area contributed by atoms with E-state index in [1.807, 2.05) is 37.2 Å². The third kappa shape index (κ3) is 4.78. The molecule has 3 rings (SSSR count). The van der Waals surface area contributed by atoms with Crippen LogP contribution < -0.4 is 4.74 Å². The van der Waals surface area contributed by atoms with E-state index in [2.05, 4.69) is 0 Å². The molecule has 0 saturated carbocycles. The van der Waals surface area contributed by atoms with E-state index in [-0.39, 0.29) is 5.75 Å². The van der Waals surface area contributed by atoms with Crippen LogP contribution in [-0.2, 0) is 15.6 Å². The standard InChI is InChI=1S/C21H23NO4S/c1-22(2)12-14-26-21-18(7-6-10-20(21)17-11-13-25-15-17)16-27(23,24)19-8-4-3-5-9-19/h3-11,13,15H,12,14,16H2,1-2H3. The summed E-state index contributed by atoms with van der Waals surface area (Å²) in [5.41, 5.74) is 2.31. The van der Waals surface area contributed by atoms with Crippen molar-refractivity contribution >= 4 is 9.84 Å². The Kier molecular flexibility index (Phi) is 5.98. The maximum absolute atomic E-state index is 12.9. The number of rotatable bonds is 8. The molecule has 0 fully saturated rings. The van der Waals surface area contributed by atoms with Gasteiger partial charge in [0.05, 0.1) is 23.2 Å². The number of para-hydroxylation sites is 1. The van der Waals surface area contributed by atoms with Gasteiger partial charge >= 0.3 is 0 Å². The van der Waals surface area contributed by atoms with E-state index in [0.29, 0.717) is 22.8 Å². The number of likely N-dealkylation sites (N-methyl/N-ethyl adjacent to an activating group) is 1. The minimum Gasteiger partial charge on any atom is -0.491 e. The highest BCUT2D eigenvalue weighted by Crippen LogP contribution is 2.35. The minimum absolute atomic E-state index is 0.125. The smallest absolute Gasteiger partial charge is 0.182 e. The largest absolute Gasteiger partial charge is 0.491 e. The first-order chi connectivity index (χ1) is 13.0. The first-order valence-electron chi connectivity index (χ1n) is 8.67. The quantitative estimate of drug-likeness (QED) is 0.589. The van der Waals surface area contributed by atoms with Crippen molar-refractivity contribution in [2.45, 2.75) is 10.6 Å². The van der Waals surface area contributed by atoms with Gasteiger partial charge in [0.15, 0.2) is 9.84 Å². The molecule has 0 aliphatic carbocycles. The van der Waals surface area contributed by atoms with Gasteiger partial charge in [-0.1, -0.05) is 36.4 Å². The Hall–Kier alpha value is -2.57. The van der Waals surface area contributed by atoms with Crippen molar-refractivity contribution < 1.29 is 17.6 Å². The molecule has 0 bridgehead atoms. The van der Waals surface area contributed by atoms with Crippen LogP contribution in [0.1, 0.15) is 5.56 Å². The summed E-state index contributed by atoms with van der Waals surface area (Å²) in [5.74, 6) is 0.459. The molecular weight excluding hydrogens is 362 g/mol. The van der Waals surface area contributed by atoms with Crippen LogP contribution in [0, 0.1) is 0 Å². The highest BCUT2D eigenvalue weighted by atomic mass is 32.2.